The minimum Gasteiger partial charge on any atom is -0.456 e. The van der Waals surface area contributed by atoms with Crippen LogP contribution in [0.5, 0.6) is 0 Å². The molecule has 0 fully saturated rings. The molecule has 27 heavy (non-hydrogen) atoms. The highest BCUT2D eigenvalue weighted by Crippen LogP contribution is 2.15. The topological polar surface area (TPSA) is 106 Å². The van der Waals surface area contributed by atoms with Crippen LogP contribution < -0.4 is 10.6 Å². The molecule has 0 saturated carbocycles. The van der Waals surface area contributed by atoms with Crippen LogP contribution in [0.3, 0.4) is 0 Å². The van der Waals surface area contributed by atoms with Gasteiger partial charge >= 0.3 is 12.0 Å². The molecule has 0 radical (unpaired) electrons. The summed E-state index contributed by atoms with van der Waals surface area (Å²) in [5.41, 5.74) is 1.48. The first-order valence-corrected chi connectivity index (χ1v) is 8.34. The second kappa shape index (κ2) is 9.14. The van der Waals surface area contributed by atoms with Crippen molar-refractivity contribution in [2.24, 2.45) is 0 Å². The van der Waals surface area contributed by atoms with Crippen LogP contribution in [0.1, 0.15) is 12.3 Å². The number of esters is 1. The number of aromatic nitrogens is 2. The number of amides is 2. The summed E-state index contributed by atoms with van der Waals surface area (Å²) >= 11 is 0. The van der Waals surface area contributed by atoms with Gasteiger partial charge in [0.05, 0.1) is 6.42 Å². The highest BCUT2D eigenvalue weighted by Gasteiger charge is 2.11. The van der Waals surface area contributed by atoms with Gasteiger partial charge in [-0.2, -0.15) is 4.98 Å². The first-order chi connectivity index (χ1) is 13.2. The monoisotopic (exact) mass is 366 g/mol. The van der Waals surface area contributed by atoms with Crippen LogP contribution in [0, 0.1) is 0 Å². The van der Waals surface area contributed by atoms with E-state index in [1.165, 1.54) is 0 Å². The number of urea groups is 1. The number of anilines is 1. The molecule has 0 saturated heterocycles. The number of nitrogens with zero attached hydrogens (tertiary/aromatic N) is 2. The fraction of sp³-hybridized carbons (Fsp3) is 0.158. The van der Waals surface area contributed by atoms with Gasteiger partial charge in [-0.05, 0) is 12.1 Å². The van der Waals surface area contributed by atoms with Crippen LogP contribution in [0.25, 0.3) is 11.4 Å². The predicted molar refractivity (Wildman–Crippen MR) is 97.6 cm³/mol. The van der Waals surface area contributed by atoms with Gasteiger partial charge in [0.2, 0.25) is 5.82 Å². The number of carbonyl (C=O) groups excluding carboxylic acids is 2. The molecule has 2 aromatic carbocycles. The smallest absolute Gasteiger partial charge is 0.319 e. The Kier molecular flexibility index (Phi) is 6.13. The largest absolute Gasteiger partial charge is 0.456 e. The molecule has 1 heterocycles. The van der Waals surface area contributed by atoms with Crippen LogP contribution in [0.15, 0.2) is 65.2 Å². The molecule has 2 amide bonds. The second-order valence-electron chi connectivity index (χ2n) is 5.54. The average molecular weight is 366 g/mol. The SMILES string of the molecule is O=C(NCCC(=O)OCc1nc(-c2ccccc2)no1)Nc1ccccc1. The number of benzene rings is 2. The first kappa shape index (κ1) is 18.1. The van der Waals surface area contributed by atoms with E-state index in [-0.39, 0.29) is 25.5 Å². The fourth-order valence-electron chi connectivity index (χ4n) is 2.21. The quantitative estimate of drug-likeness (QED) is 0.623. The molecule has 3 aromatic rings. The molecule has 0 spiro atoms. The Labute approximate surface area is 155 Å². The average Bonchev–Trinajstić information content (AvgIpc) is 3.17. The molecule has 0 atom stereocenters. The zero-order valence-corrected chi connectivity index (χ0v) is 14.4. The van der Waals surface area contributed by atoms with Gasteiger partial charge in [-0.3, -0.25) is 4.79 Å². The molecule has 0 aliphatic heterocycles. The summed E-state index contributed by atoms with van der Waals surface area (Å²) in [6.07, 6.45) is 0.0297. The highest BCUT2D eigenvalue weighted by molar-refractivity contribution is 5.89. The third-order valence-electron chi connectivity index (χ3n) is 3.50. The van der Waals surface area contributed by atoms with Gasteiger partial charge in [0.15, 0.2) is 6.61 Å². The van der Waals surface area contributed by atoms with Gasteiger partial charge in [0.25, 0.3) is 5.89 Å². The predicted octanol–water partition coefficient (Wildman–Crippen LogP) is 2.99. The van der Waals surface area contributed by atoms with Crippen LogP contribution in [0.2, 0.25) is 0 Å². The molecular weight excluding hydrogens is 348 g/mol. The molecule has 8 heteroatoms. The zero-order valence-electron chi connectivity index (χ0n) is 14.4. The van der Waals surface area contributed by atoms with Gasteiger partial charge in [0.1, 0.15) is 0 Å². The van der Waals surface area contributed by atoms with Crippen molar-refractivity contribution in [3.05, 3.63) is 66.6 Å². The Morgan fingerprint density at radius 1 is 1.00 bits per heavy atom. The number of ether oxygens (including phenoxy) is 1. The van der Waals surface area contributed by atoms with Crippen LogP contribution in [-0.2, 0) is 16.1 Å². The summed E-state index contributed by atoms with van der Waals surface area (Å²) in [5.74, 6) is 0.160. The summed E-state index contributed by atoms with van der Waals surface area (Å²) in [7, 11) is 0. The Morgan fingerprint density at radius 2 is 1.70 bits per heavy atom. The Hall–Kier alpha value is -3.68. The maximum atomic E-state index is 11.7. The van der Waals surface area contributed by atoms with Gasteiger partial charge in [-0.25, -0.2) is 4.79 Å². The minimum atomic E-state index is -0.477. The van der Waals surface area contributed by atoms with E-state index < -0.39 is 12.0 Å². The summed E-state index contributed by atoms with van der Waals surface area (Å²) in [6, 6.07) is 18.0. The number of carbonyl (C=O) groups is 2. The van der Waals surface area contributed by atoms with E-state index in [1.807, 2.05) is 48.5 Å². The lowest BCUT2D eigenvalue weighted by Gasteiger charge is -2.07. The number of hydrogen-bond acceptors (Lipinski definition) is 6. The minimum absolute atomic E-state index is 0.0297. The van der Waals surface area contributed by atoms with Crippen LogP contribution in [0.4, 0.5) is 10.5 Å². The van der Waals surface area contributed by atoms with Crippen molar-refractivity contribution >= 4 is 17.7 Å². The Morgan fingerprint density at radius 3 is 2.44 bits per heavy atom. The Balaban J connectivity index is 1.36. The maximum absolute atomic E-state index is 11.7. The molecule has 0 aliphatic rings. The Bertz CT molecular complexity index is 881. The lowest BCUT2D eigenvalue weighted by atomic mass is 10.2. The van der Waals surface area contributed by atoms with Gasteiger partial charge in [-0.15, -0.1) is 0 Å². The van der Waals surface area contributed by atoms with Crippen LogP contribution in [-0.4, -0.2) is 28.7 Å². The zero-order chi connectivity index (χ0) is 18.9. The third kappa shape index (κ3) is 5.67. The molecule has 0 unspecified atom stereocenters. The van der Waals surface area contributed by atoms with E-state index in [0.717, 1.165) is 5.56 Å². The number of rotatable bonds is 7. The summed E-state index contributed by atoms with van der Waals surface area (Å²) < 4.78 is 10.1. The lowest BCUT2D eigenvalue weighted by molar-refractivity contribution is -0.145. The van der Waals surface area contributed by atoms with E-state index in [9.17, 15) is 9.59 Å². The van der Waals surface area contributed by atoms with Crippen molar-refractivity contribution in [3.63, 3.8) is 0 Å². The lowest BCUT2D eigenvalue weighted by Crippen LogP contribution is -2.30. The van der Waals surface area contributed by atoms with Crippen molar-refractivity contribution in [2.75, 3.05) is 11.9 Å². The third-order valence-corrected chi connectivity index (χ3v) is 3.50. The fourth-order valence-corrected chi connectivity index (χ4v) is 2.21. The first-order valence-electron chi connectivity index (χ1n) is 8.34. The molecule has 3 rings (SSSR count). The van der Waals surface area contributed by atoms with E-state index in [4.69, 9.17) is 9.26 Å². The molecule has 0 aliphatic carbocycles. The second-order valence-corrected chi connectivity index (χ2v) is 5.54. The molecule has 2 N–H and O–H groups in total. The standard InChI is InChI=1S/C19H18N4O4/c24-17(11-12-20-19(25)21-15-9-5-2-6-10-15)26-13-16-22-18(23-27-16)14-7-3-1-4-8-14/h1-10H,11-13H2,(H2,20,21,25). The molecule has 8 nitrogen and oxygen atoms in total. The normalized spacial score (nSPS) is 10.2. The molecular formula is C19H18N4O4. The van der Waals surface area contributed by atoms with Gasteiger partial charge < -0.3 is 19.9 Å². The number of nitrogens with one attached hydrogen (secondary N) is 2. The maximum Gasteiger partial charge on any atom is 0.319 e. The van der Waals surface area contributed by atoms with Crippen LogP contribution >= 0.6 is 0 Å². The van der Waals surface area contributed by atoms with E-state index in [2.05, 4.69) is 20.8 Å². The number of hydrogen-bond donors (Lipinski definition) is 2. The molecule has 138 valence electrons. The highest BCUT2D eigenvalue weighted by atomic mass is 16.6. The molecule has 1 aromatic heterocycles. The van der Waals surface area contributed by atoms with Gasteiger partial charge in [-0.1, -0.05) is 53.7 Å². The van der Waals surface area contributed by atoms with Gasteiger partial charge in [0, 0.05) is 17.8 Å². The number of para-hydroxylation sites is 1. The molecule has 0 bridgehead atoms. The van der Waals surface area contributed by atoms with Crippen molar-refractivity contribution < 1.29 is 18.8 Å². The van der Waals surface area contributed by atoms with E-state index in [0.29, 0.717) is 11.5 Å². The van der Waals surface area contributed by atoms with E-state index >= 15 is 0 Å². The van der Waals surface area contributed by atoms with Crippen molar-refractivity contribution in [2.45, 2.75) is 13.0 Å². The summed E-state index contributed by atoms with van der Waals surface area (Å²) in [4.78, 5) is 27.6. The van der Waals surface area contributed by atoms with Crippen molar-refractivity contribution in [3.8, 4) is 11.4 Å². The van der Waals surface area contributed by atoms with E-state index in [1.54, 1.807) is 12.1 Å². The van der Waals surface area contributed by atoms with Crippen molar-refractivity contribution in [1.29, 1.82) is 0 Å². The summed E-state index contributed by atoms with van der Waals surface area (Å²) in [6.45, 7) is 0.0332. The summed E-state index contributed by atoms with van der Waals surface area (Å²) in [5, 5.41) is 9.09. The van der Waals surface area contributed by atoms with Crippen molar-refractivity contribution in [1.82, 2.24) is 15.5 Å².